The first-order chi connectivity index (χ1) is 11.3. The van der Waals surface area contributed by atoms with Crippen LogP contribution in [0.5, 0.6) is 5.75 Å². The molecule has 0 atom stereocenters. The summed E-state index contributed by atoms with van der Waals surface area (Å²) in [6.07, 6.45) is 4.59. The Morgan fingerprint density at radius 2 is 1.30 bits per heavy atom. The Bertz CT molecular complexity index is 757. The van der Waals surface area contributed by atoms with Gasteiger partial charge in [-0.1, -0.05) is 42.7 Å². The molecule has 0 saturated carbocycles. The zero-order valence-corrected chi connectivity index (χ0v) is 13.6. The molecule has 0 bridgehead atoms. The third kappa shape index (κ3) is 5.77. The van der Waals surface area contributed by atoms with Gasteiger partial charge in [0.1, 0.15) is 5.75 Å². The van der Waals surface area contributed by atoms with E-state index in [4.69, 9.17) is 4.74 Å². The lowest BCUT2D eigenvalue weighted by atomic mass is 10.1. The van der Waals surface area contributed by atoms with Gasteiger partial charge in [-0.2, -0.15) is 0 Å². The molecule has 0 amide bonds. The minimum atomic E-state index is 0.674. The summed E-state index contributed by atoms with van der Waals surface area (Å²) in [6, 6.07) is 16.1. The van der Waals surface area contributed by atoms with Gasteiger partial charge in [-0.05, 0) is 67.5 Å². The monoisotopic (exact) mass is 300 g/mol. The van der Waals surface area contributed by atoms with Crippen LogP contribution in [0.25, 0.3) is 0 Å². The average molecular weight is 300 g/mol. The first-order valence-corrected chi connectivity index (χ1v) is 7.81. The second kappa shape index (κ2) is 9.19. The molecular weight excluding hydrogens is 280 g/mol. The van der Waals surface area contributed by atoms with Crippen molar-refractivity contribution >= 4 is 0 Å². The van der Waals surface area contributed by atoms with Gasteiger partial charge in [-0.25, -0.2) is 0 Å². The van der Waals surface area contributed by atoms with Gasteiger partial charge in [0, 0.05) is 11.1 Å². The van der Waals surface area contributed by atoms with Crippen molar-refractivity contribution in [3.63, 3.8) is 0 Å². The fourth-order valence-corrected chi connectivity index (χ4v) is 1.96. The molecule has 0 fully saturated rings. The van der Waals surface area contributed by atoms with Crippen molar-refractivity contribution in [1.82, 2.24) is 0 Å². The summed E-state index contributed by atoms with van der Waals surface area (Å²) in [5.41, 5.74) is 3.31. The molecule has 0 aliphatic carbocycles. The van der Waals surface area contributed by atoms with E-state index >= 15 is 0 Å². The minimum Gasteiger partial charge on any atom is -0.494 e. The van der Waals surface area contributed by atoms with E-state index in [0.717, 1.165) is 23.3 Å². The van der Waals surface area contributed by atoms with Crippen molar-refractivity contribution < 1.29 is 4.74 Å². The smallest absolute Gasteiger partial charge is 0.119 e. The Labute approximate surface area is 139 Å². The summed E-state index contributed by atoms with van der Waals surface area (Å²) >= 11 is 0. The molecule has 1 heteroatoms. The first-order valence-electron chi connectivity index (χ1n) is 7.81. The van der Waals surface area contributed by atoms with E-state index in [-0.39, 0.29) is 0 Å². The summed E-state index contributed by atoms with van der Waals surface area (Å²) in [4.78, 5) is 0. The van der Waals surface area contributed by atoms with E-state index < -0.39 is 0 Å². The molecule has 2 aromatic rings. The standard InChI is InChI=1S/C22H20O/c1-3-19-11-13-20(14-12-19)9-7-5-6-8-10-21-15-17-22(18-16-21)23-4-2/h5-6,11-18H,3-4H2,1-2H3/b6-5+. The zero-order valence-electron chi connectivity index (χ0n) is 13.6. The fraction of sp³-hybridized carbons (Fsp3) is 0.182. The Balaban J connectivity index is 1.91. The summed E-state index contributed by atoms with van der Waals surface area (Å²) in [5, 5.41) is 0. The molecule has 0 spiro atoms. The van der Waals surface area contributed by atoms with Crippen LogP contribution in [0, 0.1) is 23.7 Å². The Kier molecular flexibility index (Phi) is 6.58. The molecule has 1 nitrogen and oxygen atoms in total. The highest BCUT2D eigenvalue weighted by atomic mass is 16.5. The summed E-state index contributed by atoms with van der Waals surface area (Å²) in [6.45, 7) is 4.79. The van der Waals surface area contributed by atoms with E-state index in [0.29, 0.717) is 6.61 Å². The summed E-state index contributed by atoms with van der Waals surface area (Å²) in [7, 11) is 0. The van der Waals surface area contributed by atoms with Gasteiger partial charge in [0.25, 0.3) is 0 Å². The van der Waals surface area contributed by atoms with Gasteiger partial charge in [-0.3, -0.25) is 0 Å². The van der Waals surface area contributed by atoms with Gasteiger partial charge >= 0.3 is 0 Å². The van der Waals surface area contributed by atoms with E-state index in [1.54, 1.807) is 12.2 Å². The van der Waals surface area contributed by atoms with Crippen molar-refractivity contribution in [1.29, 1.82) is 0 Å². The van der Waals surface area contributed by atoms with Crippen molar-refractivity contribution in [2.75, 3.05) is 6.61 Å². The topological polar surface area (TPSA) is 9.23 Å². The Morgan fingerprint density at radius 3 is 1.78 bits per heavy atom. The van der Waals surface area contributed by atoms with Gasteiger partial charge < -0.3 is 4.74 Å². The van der Waals surface area contributed by atoms with Crippen molar-refractivity contribution in [2.24, 2.45) is 0 Å². The van der Waals surface area contributed by atoms with Crippen LogP contribution in [0.1, 0.15) is 30.5 Å². The van der Waals surface area contributed by atoms with E-state index in [9.17, 15) is 0 Å². The third-order valence-electron chi connectivity index (χ3n) is 3.21. The van der Waals surface area contributed by atoms with E-state index in [1.807, 2.05) is 43.3 Å². The van der Waals surface area contributed by atoms with Gasteiger partial charge in [0.2, 0.25) is 0 Å². The average Bonchev–Trinajstić information content (AvgIpc) is 2.60. The van der Waals surface area contributed by atoms with Gasteiger partial charge in [-0.15, -0.1) is 0 Å². The first kappa shape index (κ1) is 16.5. The number of hydrogen-bond acceptors (Lipinski definition) is 1. The lowest BCUT2D eigenvalue weighted by Crippen LogP contribution is -1.90. The number of benzene rings is 2. The van der Waals surface area contributed by atoms with Gasteiger partial charge in [0.15, 0.2) is 0 Å². The fourth-order valence-electron chi connectivity index (χ4n) is 1.96. The maximum absolute atomic E-state index is 5.39. The van der Waals surface area contributed by atoms with Gasteiger partial charge in [0.05, 0.1) is 6.61 Å². The number of hydrogen-bond donors (Lipinski definition) is 0. The maximum atomic E-state index is 5.39. The van der Waals surface area contributed by atoms with Crippen LogP contribution < -0.4 is 4.74 Å². The molecule has 114 valence electrons. The second-order valence-electron chi connectivity index (χ2n) is 4.88. The third-order valence-corrected chi connectivity index (χ3v) is 3.21. The highest BCUT2D eigenvalue weighted by Crippen LogP contribution is 2.11. The highest BCUT2D eigenvalue weighted by molar-refractivity contribution is 5.42. The molecular formula is C22H20O. The molecule has 0 aromatic heterocycles. The lowest BCUT2D eigenvalue weighted by Gasteiger charge is -2.01. The quantitative estimate of drug-likeness (QED) is 0.752. The maximum Gasteiger partial charge on any atom is 0.119 e. The molecule has 0 aliphatic rings. The van der Waals surface area contributed by atoms with Crippen LogP contribution >= 0.6 is 0 Å². The van der Waals surface area contributed by atoms with E-state index in [1.165, 1.54) is 5.56 Å². The van der Waals surface area contributed by atoms with Crippen LogP contribution in [-0.2, 0) is 6.42 Å². The molecule has 0 saturated heterocycles. The molecule has 0 N–H and O–H groups in total. The van der Waals surface area contributed by atoms with Crippen molar-refractivity contribution in [3.8, 4) is 29.4 Å². The van der Waals surface area contributed by atoms with Crippen LogP contribution in [-0.4, -0.2) is 6.61 Å². The number of aryl methyl sites for hydroxylation is 1. The molecule has 2 rings (SSSR count). The predicted molar refractivity (Wildman–Crippen MR) is 96.3 cm³/mol. The molecule has 2 aromatic carbocycles. The SMILES string of the molecule is CCOc1ccc(C#C/C=C/C#Cc2ccc(CC)cc2)cc1. The molecule has 0 radical (unpaired) electrons. The summed E-state index contributed by atoms with van der Waals surface area (Å²) < 4.78 is 5.39. The molecule has 23 heavy (non-hydrogen) atoms. The largest absolute Gasteiger partial charge is 0.494 e. The lowest BCUT2D eigenvalue weighted by molar-refractivity contribution is 0.340. The molecule has 0 aliphatic heterocycles. The number of rotatable bonds is 3. The Hall–Kier alpha value is -2.90. The normalized spacial score (nSPS) is 9.65. The Morgan fingerprint density at radius 1 is 0.783 bits per heavy atom. The van der Waals surface area contributed by atoms with Crippen molar-refractivity contribution in [2.45, 2.75) is 20.3 Å². The van der Waals surface area contributed by atoms with Crippen LogP contribution in [0.4, 0.5) is 0 Å². The molecule has 0 heterocycles. The number of allylic oxidation sites excluding steroid dienone is 2. The minimum absolute atomic E-state index is 0.674. The van der Waals surface area contributed by atoms with E-state index in [2.05, 4.69) is 42.7 Å². The van der Waals surface area contributed by atoms with Crippen LogP contribution in [0.2, 0.25) is 0 Å². The predicted octanol–water partition coefficient (Wildman–Crippen LogP) is 4.61. The number of ether oxygens (including phenoxy) is 1. The zero-order chi connectivity index (χ0) is 16.3. The van der Waals surface area contributed by atoms with Crippen LogP contribution in [0.3, 0.4) is 0 Å². The molecule has 0 unspecified atom stereocenters. The van der Waals surface area contributed by atoms with Crippen molar-refractivity contribution in [3.05, 3.63) is 77.4 Å². The van der Waals surface area contributed by atoms with Crippen LogP contribution in [0.15, 0.2) is 60.7 Å². The summed E-state index contributed by atoms with van der Waals surface area (Å²) in [5.74, 6) is 13.0. The highest BCUT2D eigenvalue weighted by Gasteiger charge is 1.90. The second-order valence-corrected chi connectivity index (χ2v) is 4.88.